The van der Waals surface area contributed by atoms with Gasteiger partial charge in [-0.1, -0.05) is 25.1 Å². The zero-order valence-electron chi connectivity index (χ0n) is 12.9. The highest BCUT2D eigenvalue weighted by molar-refractivity contribution is 6.46. The van der Waals surface area contributed by atoms with Gasteiger partial charge in [-0.3, -0.25) is 15.0 Å². The molecule has 0 aromatic heterocycles. The van der Waals surface area contributed by atoms with E-state index in [1.165, 1.54) is 0 Å². The second kappa shape index (κ2) is 5.83. The number of imide groups is 1. The Labute approximate surface area is 133 Å². The van der Waals surface area contributed by atoms with Crippen molar-refractivity contribution in [3.05, 3.63) is 29.8 Å². The molecule has 1 N–H and O–H groups in total. The van der Waals surface area contributed by atoms with Crippen molar-refractivity contribution in [1.29, 1.82) is 0 Å². The Morgan fingerprint density at radius 3 is 2.70 bits per heavy atom. The second-order valence-electron chi connectivity index (χ2n) is 5.30. The number of hydrazone groups is 1. The molecule has 0 saturated carbocycles. The molecule has 0 radical (unpaired) electrons. The van der Waals surface area contributed by atoms with Crippen molar-refractivity contribution in [2.24, 2.45) is 11.0 Å². The van der Waals surface area contributed by atoms with E-state index in [2.05, 4.69) is 10.5 Å². The number of esters is 1. The van der Waals surface area contributed by atoms with Crippen LogP contribution in [-0.4, -0.2) is 36.1 Å². The number of hydrogen-bond acceptors (Lipinski definition) is 6. The molecule has 0 spiro atoms. The number of carbonyl (C=O) groups excluding carboxylic acids is 3. The fraction of sp³-hybridized carbons (Fsp3) is 0.375. The average molecular weight is 315 g/mol. The lowest BCUT2D eigenvalue weighted by molar-refractivity contribution is -0.136. The number of anilines is 1. The van der Waals surface area contributed by atoms with Crippen LogP contribution in [0.5, 0.6) is 0 Å². The van der Waals surface area contributed by atoms with Crippen LogP contribution in [-0.2, 0) is 25.5 Å². The van der Waals surface area contributed by atoms with Crippen molar-refractivity contribution in [3.63, 3.8) is 0 Å². The van der Waals surface area contributed by atoms with Crippen molar-refractivity contribution in [2.75, 3.05) is 11.5 Å². The van der Waals surface area contributed by atoms with E-state index in [0.717, 1.165) is 10.5 Å². The first-order valence-electron chi connectivity index (χ1n) is 7.56. The summed E-state index contributed by atoms with van der Waals surface area (Å²) in [7, 11) is 0. The molecule has 120 valence electrons. The molecule has 2 heterocycles. The van der Waals surface area contributed by atoms with Crippen LogP contribution in [0.15, 0.2) is 29.4 Å². The third kappa shape index (κ3) is 2.28. The van der Waals surface area contributed by atoms with Gasteiger partial charge >= 0.3 is 5.97 Å². The van der Waals surface area contributed by atoms with Gasteiger partial charge in [-0.05, 0) is 25.0 Å². The quantitative estimate of drug-likeness (QED) is 0.650. The number of carbonyl (C=O) groups is 3. The van der Waals surface area contributed by atoms with E-state index in [1.54, 1.807) is 19.1 Å². The molecule has 1 saturated heterocycles. The highest BCUT2D eigenvalue weighted by Crippen LogP contribution is 2.32. The molecule has 2 aliphatic rings. The number of fused-ring (bicyclic) bond motifs is 1. The summed E-state index contributed by atoms with van der Waals surface area (Å²) in [4.78, 5) is 38.5. The summed E-state index contributed by atoms with van der Waals surface area (Å²) in [6.45, 7) is 3.80. The SMILES string of the molecule is CCOC(=O)C1=NN[C@@H]2C(=O)N(c3ccccc3CC)C(=O)[C@H]12. The van der Waals surface area contributed by atoms with Gasteiger partial charge < -0.3 is 4.74 Å². The van der Waals surface area contributed by atoms with Gasteiger partial charge in [0.25, 0.3) is 5.91 Å². The molecule has 0 aliphatic carbocycles. The van der Waals surface area contributed by atoms with E-state index in [9.17, 15) is 14.4 Å². The van der Waals surface area contributed by atoms with Crippen LogP contribution >= 0.6 is 0 Å². The monoisotopic (exact) mass is 315 g/mol. The maximum atomic E-state index is 12.8. The van der Waals surface area contributed by atoms with Crippen molar-refractivity contribution in [3.8, 4) is 0 Å². The molecule has 1 aromatic carbocycles. The minimum atomic E-state index is -0.925. The van der Waals surface area contributed by atoms with Crippen LogP contribution in [0.25, 0.3) is 0 Å². The van der Waals surface area contributed by atoms with Gasteiger partial charge in [-0.2, -0.15) is 5.10 Å². The van der Waals surface area contributed by atoms with Crippen molar-refractivity contribution < 1.29 is 19.1 Å². The summed E-state index contributed by atoms with van der Waals surface area (Å²) < 4.78 is 4.91. The molecule has 7 heteroatoms. The lowest BCUT2D eigenvalue weighted by Gasteiger charge is -2.18. The smallest absolute Gasteiger partial charge is 0.355 e. The van der Waals surface area contributed by atoms with E-state index in [1.807, 2.05) is 19.1 Å². The van der Waals surface area contributed by atoms with Gasteiger partial charge in [-0.25, -0.2) is 9.69 Å². The Hall–Kier alpha value is -2.70. The van der Waals surface area contributed by atoms with Gasteiger partial charge in [0, 0.05) is 0 Å². The molecule has 2 aliphatic heterocycles. The zero-order chi connectivity index (χ0) is 16.6. The summed E-state index contributed by atoms with van der Waals surface area (Å²) >= 11 is 0. The van der Waals surface area contributed by atoms with Crippen molar-refractivity contribution in [1.82, 2.24) is 5.43 Å². The molecule has 7 nitrogen and oxygen atoms in total. The van der Waals surface area contributed by atoms with E-state index < -0.39 is 29.7 Å². The van der Waals surface area contributed by atoms with Gasteiger partial charge in [0.1, 0.15) is 12.0 Å². The first kappa shape index (κ1) is 15.2. The fourth-order valence-corrected chi connectivity index (χ4v) is 2.93. The summed E-state index contributed by atoms with van der Waals surface area (Å²) in [6.07, 6.45) is 0.689. The highest BCUT2D eigenvalue weighted by Gasteiger charge is 2.56. The van der Waals surface area contributed by atoms with Gasteiger partial charge in [0.15, 0.2) is 5.71 Å². The Balaban J connectivity index is 1.96. The number of ether oxygens (including phenoxy) is 1. The van der Waals surface area contributed by atoms with Crippen LogP contribution in [0.1, 0.15) is 19.4 Å². The van der Waals surface area contributed by atoms with Crippen LogP contribution in [0.2, 0.25) is 0 Å². The lowest BCUT2D eigenvalue weighted by Crippen LogP contribution is -2.36. The number of nitrogens with one attached hydrogen (secondary N) is 1. The average Bonchev–Trinajstić information content (AvgIpc) is 3.09. The Morgan fingerprint density at radius 2 is 2.00 bits per heavy atom. The van der Waals surface area contributed by atoms with Crippen LogP contribution < -0.4 is 10.3 Å². The number of para-hydroxylation sites is 1. The zero-order valence-corrected chi connectivity index (χ0v) is 12.9. The molecular weight excluding hydrogens is 298 g/mol. The first-order chi connectivity index (χ1) is 11.1. The topological polar surface area (TPSA) is 88.1 Å². The largest absolute Gasteiger partial charge is 0.461 e. The molecule has 1 aromatic rings. The number of nitrogens with zero attached hydrogens (tertiary/aromatic N) is 2. The minimum Gasteiger partial charge on any atom is -0.461 e. The molecule has 2 amide bonds. The molecule has 3 rings (SSSR count). The highest BCUT2D eigenvalue weighted by atomic mass is 16.5. The lowest BCUT2D eigenvalue weighted by atomic mass is 9.99. The normalized spacial score (nSPS) is 22.7. The fourth-order valence-electron chi connectivity index (χ4n) is 2.93. The van der Waals surface area contributed by atoms with Gasteiger partial charge in [0.2, 0.25) is 5.91 Å². The van der Waals surface area contributed by atoms with Crippen molar-refractivity contribution >= 4 is 29.2 Å². The number of benzene rings is 1. The van der Waals surface area contributed by atoms with Crippen LogP contribution in [0.3, 0.4) is 0 Å². The Kier molecular flexibility index (Phi) is 3.85. The van der Waals surface area contributed by atoms with E-state index >= 15 is 0 Å². The third-order valence-electron chi connectivity index (χ3n) is 4.02. The molecular formula is C16H17N3O4. The maximum Gasteiger partial charge on any atom is 0.355 e. The number of aryl methyl sites for hydroxylation is 1. The molecule has 2 atom stereocenters. The second-order valence-corrected chi connectivity index (χ2v) is 5.30. The Morgan fingerprint density at radius 1 is 1.26 bits per heavy atom. The predicted octanol–water partition coefficient (Wildman–Crippen LogP) is 0.629. The summed E-state index contributed by atoms with van der Waals surface area (Å²) in [5, 5.41) is 3.83. The van der Waals surface area contributed by atoms with E-state index in [0.29, 0.717) is 12.1 Å². The molecule has 0 unspecified atom stereocenters. The predicted molar refractivity (Wildman–Crippen MR) is 82.8 cm³/mol. The molecule has 23 heavy (non-hydrogen) atoms. The standard InChI is InChI=1S/C16H17N3O4/c1-3-9-7-5-6-8-10(9)19-14(20)11-12(15(19)21)17-18-13(11)16(22)23-4-2/h5-8,11-12,17H,3-4H2,1-2H3/t11-,12-/m0/s1. The first-order valence-corrected chi connectivity index (χ1v) is 7.56. The molecule has 1 fully saturated rings. The van der Waals surface area contributed by atoms with Gasteiger partial charge in [-0.15, -0.1) is 0 Å². The summed E-state index contributed by atoms with van der Waals surface area (Å²) in [6, 6.07) is 6.40. The maximum absolute atomic E-state index is 12.8. The number of amides is 2. The van der Waals surface area contributed by atoms with E-state index in [-0.39, 0.29) is 12.3 Å². The summed E-state index contributed by atoms with van der Waals surface area (Å²) in [5.41, 5.74) is 4.02. The van der Waals surface area contributed by atoms with Gasteiger partial charge in [0.05, 0.1) is 12.3 Å². The number of hydrogen-bond donors (Lipinski definition) is 1. The molecule has 0 bridgehead atoms. The van der Waals surface area contributed by atoms with Crippen molar-refractivity contribution in [2.45, 2.75) is 26.3 Å². The third-order valence-corrected chi connectivity index (χ3v) is 4.02. The minimum absolute atomic E-state index is 0.0355. The summed E-state index contributed by atoms with van der Waals surface area (Å²) in [5.74, 6) is -2.44. The van der Waals surface area contributed by atoms with Crippen LogP contribution in [0.4, 0.5) is 5.69 Å². The Bertz CT molecular complexity index is 713. The number of rotatable bonds is 4. The van der Waals surface area contributed by atoms with E-state index in [4.69, 9.17) is 4.74 Å². The van der Waals surface area contributed by atoms with Crippen LogP contribution in [0, 0.1) is 5.92 Å².